The summed E-state index contributed by atoms with van der Waals surface area (Å²) in [5.41, 5.74) is 1.33. The van der Waals surface area contributed by atoms with Crippen LogP contribution in [0.15, 0.2) is 45.8 Å². The van der Waals surface area contributed by atoms with Crippen molar-refractivity contribution in [3.05, 3.63) is 52.6 Å². The number of pyridine rings is 1. The first kappa shape index (κ1) is 11.3. The summed E-state index contributed by atoms with van der Waals surface area (Å²) in [4.78, 5) is 22.8. The lowest BCUT2D eigenvalue weighted by molar-refractivity contribution is 0.399. The minimum atomic E-state index is -0.258. The van der Waals surface area contributed by atoms with Crippen molar-refractivity contribution in [3.8, 4) is 22.9 Å². The smallest absolute Gasteiger partial charge is 0.251 e. The number of aromatic amines is 1. The van der Waals surface area contributed by atoms with Crippen LogP contribution >= 0.6 is 0 Å². The Morgan fingerprint density at radius 1 is 1.16 bits per heavy atom. The summed E-state index contributed by atoms with van der Waals surface area (Å²) in [6, 6.07) is 8.51. The second kappa shape index (κ2) is 4.49. The molecule has 94 valence electrons. The largest absolute Gasteiger partial charge is 0.361 e. The molecule has 0 amide bonds. The van der Waals surface area contributed by atoms with E-state index in [1.165, 1.54) is 6.07 Å². The molecule has 0 aliphatic heterocycles. The van der Waals surface area contributed by atoms with Crippen LogP contribution in [-0.4, -0.2) is 20.1 Å². The summed E-state index contributed by atoms with van der Waals surface area (Å²) in [5.74, 6) is 1.07. The highest BCUT2D eigenvalue weighted by Crippen LogP contribution is 2.17. The molecule has 3 heterocycles. The molecule has 3 rings (SSSR count). The Labute approximate surface area is 108 Å². The molecule has 0 spiro atoms. The maximum absolute atomic E-state index is 11.7. The highest BCUT2D eigenvalue weighted by Gasteiger charge is 2.09. The van der Waals surface area contributed by atoms with Gasteiger partial charge in [-0.25, -0.2) is 4.98 Å². The van der Waals surface area contributed by atoms with Crippen LogP contribution in [0.4, 0.5) is 0 Å². The average Bonchev–Trinajstić information content (AvgIpc) is 2.86. The number of nitrogens with zero attached hydrogens (tertiary/aromatic N) is 3. The molecule has 0 saturated heterocycles. The van der Waals surface area contributed by atoms with Gasteiger partial charge in [0.1, 0.15) is 22.8 Å². The van der Waals surface area contributed by atoms with Crippen LogP contribution < -0.4 is 5.56 Å². The van der Waals surface area contributed by atoms with E-state index >= 15 is 0 Å². The summed E-state index contributed by atoms with van der Waals surface area (Å²) in [6.45, 7) is 1.78. The number of hydrogen-bond donors (Lipinski definition) is 1. The van der Waals surface area contributed by atoms with Gasteiger partial charge in [0.2, 0.25) is 0 Å². The lowest BCUT2D eigenvalue weighted by Crippen LogP contribution is -2.09. The maximum atomic E-state index is 11.7. The zero-order valence-electron chi connectivity index (χ0n) is 10.1. The summed E-state index contributed by atoms with van der Waals surface area (Å²) in [6.07, 6.45) is 1.64. The normalized spacial score (nSPS) is 10.6. The molecule has 3 aromatic rings. The Balaban J connectivity index is 2.14. The van der Waals surface area contributed by atoms with E-state index in [9.17, 15) is 4.79 Å². The van der Waals surface area contributed by atoms with E-state index in [0.29, 0.717) is 28.7 Å². The van der Waals surface area contributed by atoms with Crippen molar-refractivity contribution in [1.82, 2.24) is 20.1 Å². The van der Waals surface area contributed by atoms with Gasteiger partial charge >= 0.3 is 0 Å². The number of hydrogen-bond acceptors (Lipinski definition) is 5. The van der Waals surface area contributed by atoms with Crippen LogP contribution in [0.25, 0.3) is 22.9 Å². The fourth-order valence-electron chi connectivity index (χ4n) is 1.70. The molecule has 0 aliphatic rings. The van der Waals surface area contributed by atoms with Gasteiger partial charge in [-0.3, -0.25) is 9.78 Å². The molecule has 3 aromatic heterocycles. The highest BCUT2D eigenvalue weighted by molar-refractivity contribution is 5.58. The molecule has 19 heavy (non-hydrogen) atoms. The molecule has 6 heteroatoms. The van der Waals surface area contributed by atoms with Gasteiger partial charge < -0.3 is 9.51 Å². The molecular formula is C13H10N4O2. The van der Waals surface area contributed by atoms with Crippen LogP contribution in [0.5, 0.6) is 0 Å². The summed E-state index contributed by atoms with van der Waals surface area (Å²) in [7, 11) is 0. The van der Waals surface area contributed by atoms with Crippen LogP contribution in [0.2, 0.25) is 0 Å². The van der Waals surface area contributed by atoms with Gasteiger partial charge in [0.25, 0.3) is 5.56 Å². The van der Waals surface area contributed by atoms with Crippen molar-refractivity contribution < 1.29 is 4.52 Å². The predicted molar refractivity (Wildman–Crippen MR) is 68.3 cm³/mol. The third-order valence-corrected chi connectivity index (χ3v) is 2.54. The van der Waals surface area contributed by atoms with Gasteiger partial charge in [0.05, 0.1) is 0 Å². The number of H-pyrrole nitrogens is 1. The SMILES string of the molecule is Cc1cc(-c2cc(=O)[nH]c(-c3ccccn3)n2)no1. The lowest BCUT2D eigenvalue weighted by Gasteiger charge is -2.01. The fraction of sp³-hybridized carbons (Fsp3) is 0.0769. The van der Waals surface area contributed by atoms with Crippen LogP contribution in [-0.2, 0) is 0 Å². The van der Waals surface area contributed by atoms with Gasteiger partial charge in [-0.2, -0.15) is 0 Å². The Hall–Kier alpha value is -2.76. The van der Waals surface area contributed by atoms with Crippen LogP contribution in [0.1, 0.15) is 5.76 Å². The van der Waals surface area contributed by atoms with Crippen molar-refractivity contribution in [2.75, 3.05) is 0 Å². The van der Waals surface area contributed by atoms with Gasteiger partial charge in [0, 0.05) is 18.3 Å². The van der Waals surface area contributed by atoms with E-state index < -0.39 is 0 Å². The van der Waals surface area contributed by atoms with Crippen molar-refractivity contribution in [2.45, 2.75) is 6.92 Å². The second-order valence-electron chi connectivity index (χ2n) is 4.02. The third-order valence-electron chi connectivity index (χ3n) is 2.54. The molecule has 0 saturated carbocycles. The fourth-order valence-corrected chi connectivity index (χ4v) is 1.70. The zero-order chi connectivity index (χ0) is 13.2. The molecule has 0 radical (unpaired) electrons. The summed E-state index contributed by atoms with van der Waals surface area (Å²) >= 11 is 0. The quantitative estimate of drug-likeness (QED) is 0.753. The molecule has 0 aromatic carbocycles. The van der Waals surface area contributed by atoms with Gasteiger partial charge in [-0.15, -0.1) is 0 Å². The molecular weight excluding hydrogens is 244 g/mol. The van der Waals surface area contributed by atoms with Crippen LogP contribution in [0.3, 0.4) is 0 Å². The number of aromatic nitrogens is 4. The Morgan fingerprint density at radius 3 is 2.74 bits per heavy atom. The lowest BCUT2D eigenvalue weighted by atomic mass is 10.2. The van der Waals surface area contributed by atoms with Gasteiger partial charge in [-0.05, 0) is 19.1 Å². The van der Waals surface area contributed by atoms with E-state index in [1.807, 2.05) is 6.07 Å². The number of rotatable bonds is 2. The molecule has 0 aliphatic carbocycles. The molecule has 0 unspecified atom stereocenters. The first-order valence-corrected chi connectivity index (χ1v) is 5.69. The standard InChI is InChI=1S/C13H10N4O2/c1-8-6-11(17-19-8)10-7-12(18)16-13(15-10)9-4-2-3-5-14-9/h2-7H,1H3,(H,15,16,18). The first-order chi connectivity index (χ1) is 9.22. The van der Waals surface area contributed by atoms with Crippen molar-refractivity contribution in [1.29, 1.82) is 0 Å². The van der Waals surface area contributed by atoms with E-state index in [4.69, 9.17) is 4.52 Å². The van der Waals surface area contributed by atoms with Crippen molar-refractivity contribution in [3.63, 3.8) is 0 Å². The van der Waals surface area contributed by atoms with Gasteiger partial charge in [0.15, 0.2) is 5.82 Å². The minimum Gasteiger partial charge on any atom is -0.361 e. The number of nitrogens with one attached hydrogen (secondary N) is 1. The molecule has 6 nitrogen and oxygen atoms in total. The summed E-state index contributed by atoms with van der Waals surface area (Å²) < 4.78 is 4.99. The van der Waals surface area contributed by atoms with Crippen molar-refractivity contribution in [2.24, 2.45) is 0 Å². The number of aryl methyl sites for hydroxylation is 1. The van der Waals surface area contributed by atoms with E-state index in [0.717, 1.165) is 0 Å². The Morgan fingerprint density at radius 2 is 2.05 bits per heavy atom. The highest BCUT2D eigenvalue weighted by atomic mass is 16.5. The Bertz CT molecular complexity index is 762. The molecule has 0 fully saturated rings. The molecule has 0 bridgehead atoms. The van der Waals surface area contributed by atoms with Crippen LogP contribution in [0, 0.1) is 6.92 Å². The molecule has 1 N–H and O–H groups in total. The monoisotopic (exact) mass is 254 g/mol. The minimum absolute atomic E-state index is 0.258. The zero-order valence-corrected chi connectivity index (χ0v) is 10.1. The first-order valence-electron chi connectivity index (χ1n) is 5.69. The predicted octanol–water partition coefficient (Wildman–Crippen LogP) is 1.80. The van der Waals surface area contributed by atoms with Crippen molar-refractivity contribution >= 4 is 0 Å². The van der Waals surface area contributed by atoms with E-state index in [2.05, 4.69) is 20.1 Å². The maximum Gasteiger partial charge on any atom is 0.251 e. The topological polar surface area (TPSA) is 84.7 Å². The summed E-state index contributed by atoms with van der Waals surface area (Å²) in [5, 5.41) is 3.85. The average molecular weight is 254 g/mol. The van der Waals surface area contributed by atoms with E-state index in [1.54, 1.807) is 31.3 Å². The Kier molecular flexibility index (Phi) is 2.68. The van der Waals surface area contributed by atoms with E-state index in [-0.39, 0.29) is 5.56 Å². The van der Waals surface area contributed by atoms with Gasteiger partial charge in [-0.1, -0.05) is 11.2 Å². The molecule has 0 atom stereocenters. The third kappa shape index (κ3) is 2.28. The second-order valence-corrected chi connectivity index (χ2v) is 4.02.